The first-order valence-corrected chi connectivity index (χ1v) is 11.6. The van der Waals surface area contributed by atoms with E-state index in [-0.39, 0.29) is 0 Å². The molecule has 1 N–H and O–H groups in total. The average molecular weight is 418 g/mol. The van der Waals surface area contributed by atoms with Crippen LogP contribution in [-0.4, -0.2) is 22.7 Å². The van der Waals surface area contributed by atoms with Crippen molar-refractivity contribution < 1.29 is 4.74 Å². The van der Waals surface area contributed by atoms with Crippen LogP contribution in [0, 0.1) is 0 Å². The molecule has 0 aliphatic heterocycles. The van der Waals surface area contributed by atoms with Gasteiger partial charge in [0, 0.05) is 41.2 Å². The van der Waals surface area contributed by atoms with E-state index < -0.39 is 0 Å². The van der Waals surface area contributed by atoms with E-state index in [0.717, 1.165) is 23.1 Å². The fourth-order valence-corrected chi connectivity index (χ4v) is 5.19. The Kier molecular flexibility index (Phi) is 5.45. The van der Waals surface area contributed by atoms with Gasteiger partial charge < -0.3 is 14.6 Å². The normalized spacial score (nSPS) is 14.8. The summed E-state index contributed by atoms with van der Waals surface area (Å²) in [5.74, 6) is 0.874. The summed E-state index contributed by atoms with van der Waals surface area (Å²) in [5.41, 5.74) is 4.67. The van der Waals surface area contributed by atoms with E-state index in [1.54, 1.807) is 18.4 Å². The summed E-state index contributed by atoms with van der Waals surface area (Å²) >= 11 is 1.71. The predicted molar refractivity (Wildman–Crippen MR) is 126 cm³/mol. The highest BCUT2D eigenvalue weighted by molar-refractivity contribution is 7.14. The molecule has 2 heterocycles. The van der Waals surface area contributed by atoms with Gasteiger partial charge in [-0.1, -0.05) is 49.6 Å². The molecule has 4 aromatic rings. The van der Waals surface area contributed by atoms with Crippen molar-refractivity contribution in [1.29, 1.82) is 0 Å². The number of hydrogen-bond acceptors (Lipinski definition) is 4. The van der Waals surface area contributed by atoms with E-state index in [9.17, 15) is 0 Å². The number of methoxy groups -OCH3 is 1. The summed E-state index contributed by atoms with van der Waals surface area (Å²) in [4.78, 5) is 4.95. The topological polar surface area (TPSA) is 39.1 Å². The van der Waals surface area contributed by atoms with Crippen LogP contribution in [0.1, 0.15) is 37.7 Å². The van der Waals surface area contributed by atoms with Crippen molar-refractivity contribution in [3.05, 3.63) is 65.7 Å². The maximum Gasteiger partial charge on any atom is 0.183 e. The summed E-state index contributed by atoms with van der Waals surface area (Å²) in [6, 6.07) is 17.4. The molecule has 0 radical (unpaired) electrons. The number of thiazole rings is 1. The Balaban J connectivity index is 1.49. The van der Waals surface area contributed by atoms with Crippen molar-refractivity contribution in [3.63, 3.8) is 0 Å². The second-order valence-corrected chi connectivity index (χ2v) is 8.91. The van der Waals surface area contributed by atoms with Crippen LogP contribution in [0.2, 0.25) is 0 Å². The Labute approximate surface area is 181 Å². The minimum atomic E-state index is 0.571. The second-order valence-electron chi connectivity index (χ2n) is 8.06. The lowest BCUT2D eigenvalue weighted by atomic mass is 9.96. The fraction of sp³-hybridized carbons (Fsp3) is 0.320. The van der Waals surface area contributed by atoms with E-state index in [0.29, 0.717) is 6.04 Å². The highest BCUT2D eigenvalue weighted by Gasteiger charge is 2.17. The lowest BCUT2D eigenvalue weighted by molar-refractivity contribution is 0.415. The predicted octanol–water partition coefficient (Wildman–Crippen LogP) is 6.57. The number of hydrogen-bond donors (Lipinski definition) is 1. The molecule has 1 aliphatic carbocycles. The number of fused-ring (bicyclic) bond motifs is 1. The molecule has 2 aromatic carbocycles. The zero-order valence-electron chi connectivity index (χ0n) is 17.3. The molecule has 5 heteroatoms. The summed E-state index contributed by atoms with van der Waals surface area (Å²) in [7, 11) is 1.72. The summed E-state index contributed by atoms with van der Waals surface area (Å²) in [6.45, 7) is 0.821. The van der Waals surface area contributed by atoms with Gasteiger partial charge in [-0.15, -0.1) is 11.3 Å². The third kappa shape index (κ3) is 3.94. The first-order valence-electron chi connectivity index (χ1n) is 10.7. The third-order valence-corrected chi connectivity index (χ3v) is 6.77. The molecule has 0 unspecified atom stereocenters. The Bertz CT molecular complexity index is 1130. The van der Waals surface area contributed by atoms with Gasteiger partial charge in [-0.3, -0.25) is 0 Å². The van der Waals surface area contributed by atoms with Crippen LogP contribution in [0.4, 0.5) is 5.13 Å². The highest BCUT2D eigenvalue weighted by Crippen LogP contribution is 2.35. The Morgan fingerprint density at radius 2 is 1.93 bits per heavy atom. The molecule has 0 spiro atoms. The molecule has 5 rings (SSSR count). The maximum absolute atomic E-state index is 5.49. The van der Waals surface area contributed by atoms with E-state index >= 15 is 0 Å². The van der Waals surface area contributed by atoms with Crippen LogP contribution >= 0.6 is 11.3 Å². The van der Waals surface area contributed by atoms with E-state index in [2.05, 4.69) is 63.9 Å². The molecule has 0 amide bonds. The number of rotatable bonds is 6. The van der Waals surface area contributed by atoms with Crippen LogP contribution in [0.15, 0.2) is 60.1 Å². The standard InChI is InChI=1S/C25H27N3OS/c1-29-20-12-13-21-22(16-28(24(21)14-20)15-18-8-4-2-5-9-18)23-17-30-25(27-23)26-19-10-6-3-7-11-19/h2,4-5,8-9,12-14,16-17,19H,3,6-7,10-11,15H2,1H3,(H,26,27). The van der Waals surface area contributed by atoms with E-state index in [4.69, 9.17) is 9.72 Å². The summed E-state index contributed by atoms with van der Waals surface area (Å²) in [5, 5.41) is 8.09. The van der Waals surface area contributed by atoms with Crippen molar-refractivity contribution >= 4 is 27.4 Å². The molecule has 0 bridgehead atoms. The van der Waals surface area contributed by atoms with Crippen LogP contribution < -0.4 is 10.1 Å². The van der Waals surface area contributed by atoms with Gasteiger partial charge >= 0.3 is 0 Å². The number of aromatic nitrogens is 2. The quantitative estimate of drug-likeness (QED) is 0.386. The molecule has 30 heavy (non-hydrogen) atoms. The van der Waals surface area contributed by atoms with Gasteiger partial charge in [-0.2, -0.15) is 0 Å². The molecule has 2 aromatic heterocycles. The molecule has 154 valence electrons. The van der Waals surface area contributed by atoms with Gasteiger partial charge in [-0.25, -0.2) is 4.98 Å². The van der Waals surface area contributed by atoms with Crippen molar-refractivity contribution in [2.24, 2.45) is 0 Å². The largest absolute Gasteiger partial charge is 0.497 e. The molecule has 1 saturated carbocycles. The Hall–Kier alpha value is -2.79. The third-order valence-electron chi connectivity index (χ3n) is 6.00. The van der Waals surface area contributed by atoms with Gasteiger partial charge in [0.25, 0.3) is 0 Å². The SMILES string of the molecule is COc1ccc2c(-c3csc(NC4CCCCC4)n3)cn(Cc3ccccc3)c2c1. The van der Waals surface area contributed by atoms with Crippen LogP contribution in [0.5, 0.6) is 5.75 Å². The van der Waals surface area contributed by atoms with Crippen molar-refractivity contribution in [1.82, 2.24) is 9.55 Å². The molecular weight excluding hydrogens is 390 g/mol. The minimum absolute atomic E-state index is 0.571. The lowest BCUT2D eigenvalue weighted by Crippen LogP contribution is -2.21. The lowest BCUT2D eigenvalue weighted by Gasteiger charge is -2.22. The number of benzene rings is 2. The zero-order valence-corrected chi connectivity index (χ0v) is 18.1. The number of ether oxygens (including phenoxy) is 1. The van der Waals surface area contributed by atoms with Gasteiger partial charge in [0.2, 0.25) is 0 Å². The highest BCUT2D eigenvalue weighted by atomic mass is 32.1. The van der Waals surface area contributed by atoms with Crippen LogP contribution in [-0.2, 0) is 6.54 Å². The van der Waals surface area contributed by atoms with E-state index in [1.165, 1.54) is 54.1 Å². The summed E-state index contributed by atoms with van der Waals surface area (Å²) in [6.07, 6.45) is 8.76. The molecule has 1 fully saturated rings. The van der Waals surface area contributed by atoms with Crippen molar-refractivity contribution in [2.45, 2.75) is 44.7 Å². The van der Waals surface area contributed by atoms with E-state index in [1.807, 2.05) is 6.07 Å². The Morgan fingerprint density at radius 3 is 2.73 bits per heavy atom. The molecular formula is C25H27N3OS. The smallest absolute Gasteiger partial charge is 0.183 e. The first kappa shape index (κ1) is 19.2. The first-order chi connectivity index (χ1) is 14.8. The number of anilines is 1. The van der Waals surface area contributed by atoms with Crippen LogP contribution in [0.25, 0.3) is 22.2 Å². The monoisotopic (exact) mass is 417 g/mol. The van der Waals surface area contributed by atoms with Gasteiger partial charge in [0.05, 0.1) is 18.3 Å². The number of nitrogens with zero attached hydrogens (tertiary/aromatic N) is 2. The molecule has 4 nitrogen and oxygen atoms in total. The minimum Gasteiger partial charge on any atom is -0.497 e. The molecule has 0 atom stereocenters. The van der Waals surface area contributed by atoms with Crippen LogP contribution in [0.3, 0.4) is 0 Å². The summed E-state index contributed by atoms with van der Waals surface area (Å²) < 4.78 is 7.80. The molecule has 0 saturated heterocycles. The second kappa shape index (κ2) is 8.52. The van der Waals surface area contributed by atoms with Gasteiger partial charge in [0.1, 0.15) is 5.75 Å². The van der Waals surface area contributed by atoms with Gasteiger partial charge in [-0.05, 0) is 30.5 Å². The Morgan fingerprint density at radius 1 is 1.10 bits per heavy atom. The zero-order chi connectivity index (χ0) is 20.3. The van der Waals surface area contributed by atoms with Crippen molar-refractivity contribution in [2.75, 3.05) is 12.4 Å². The fourth-order valence-electron chi connectivity index (χ4n) is 4.40. The maximum atomic E-state index is 5.49. The molecule has 1 aliphatic rings. The van der Waals surface area contributed by atoms with Crippen molar-refractivity contribution in [3.8, 4) is 17.0 Å². The van der Waals surface area contributed by atoms with Gasteiger partial charge in [0.15, 0.2) is 5.13 Å². The number of nitrogens with one attached hydrogen (secondary N) is 1. The average Bonchev–Trinajstić information content (AvgIpc) is 3.39.